The van der Waals surface area contributed by atoms with Crippen LogP contribution in [0.25, 0.3) is 0 Å². The zero-order chi connectivity index (χ0) is 20.9. The standard InChI is InChI=1S/C23H28ClNO4/c1-16(15-27-2)29-21-11-8-18(14-20(21)24)25-22(26)23(12-4-5-13-23)17-6-9-19(28-3)10-7-17/h6-11,14,16H,4-5,12-13,15H2,1-3H3,(H,25,26). The van der Waals surface area contributed by atoms with Gasteiger partial charge in [0.15, 0.2) is 0 Å². The average Bonchev–Trinajstić information content (AvgIpc) is 3.21. The topological polar surface area (TPSA) is 56.8 Å². The molecular weight excluding hydrogens is 390 g/mol. The third-order valence-electron chi connectivity index (χ3n) is 5.45. The second-order valence-corrected chi connectivity index (χ2v) is 7.91. The Bertz CT molecular complexity index is 831. The van der Waals surface area contributed by atoms with Crippen molar-refractivity contribution < 1.29 is 19.0 Å². The number of nitrogens with one attached hydrogen (secondary N) is 1. The van der Waals surface area contributed by atoms with E-state index in [9.17, 15) is 4.79 Å². The summed E-state index contributed by atoms with van der Waals surface area (Å²) in [5.41, 5.74) is 1.15. The lowest BCUT2D eigenvalue weighted by Crippen LogP contribution is -2.38. The molecule has 1 atom stereocenters. The van der Waals surface area contributed by atoms with Crippen molar-refractivity contribution in [3.63, 3.8) is 0 Å². The predicted molar refractivity (Wildman–Crippen MR) is 115 cm³/mol. The Labute approximate surface area is 177 Å². The monoisotopic (exact) mass is 417 g/mol. The second-order valence-electron chi connectivity index (χ2n) is 7.50. The molecule has 0 heterocycles. The van der Waals surface area contributed by atoms with E-state index >= 15 is 0 Å². The SMILES string of the molecule is COCC(C)Oc1ccc(NC(=O)C2(c3ccc(OC)cc3)CCCC2)cc1Cl. The molecule has 0 aromatic heterocycles. The molecule has 1 N–H and O–H groups in total. The number of methoxy groups -OCH3 is 2. The van der Waals surface area contributed by atoms with E-state index in [0.717, 1.165) is 37.0 Å². The van der Waals surface area contributed by atoms with Gasteiger partial charge in [-0.25, -0.2) is 0 Å². The Hall–Kier alpha value is -2.24. The van der Waals surface area contributed by atoms with E-state index in [-0.39, 0.29) is 12.0 Å². The number of rotatable bonds is 8. The number of anilines is 1. The summed E-state index contributed by atoms with van der Waals surface area (Å²) in [5, 5.41) is 3.52. The van der Waals surface area contributed by atoms with Crippen molar-refractivity contribution in [1.29, 1.82) is 0 Å². The van der Waals surface area contributed by atoms with Gasteiger partial charge < -0.3 is 19.5 Å². The molecule has 0 spiro atoms. The van der Waals surface area contributed by atoms with Crippen molar-refractivity contribution in [2.75, 3.05) is 26.1 Å². The molecule has 29 heavy (non-hydrogen) atoms. The highest BCUT2D eigenvalue weighted by atomic mass is 35.5. The van der Waals surface area contributed by atoms with E-state index in [1.165, 1.54) is 0 Å². The summed E-state index contributed by atoms with van der Waals surface area (Å²) in [6, 6.07) is 13.1. The summed E-state index contributed by atoms with van der Waals surface area (Å²) in [4.78, 5) is 13.3. The van der Waals surface area contributed by atoms with Crippen molar-refractivity contribution in [2.45, 2.75) is 44.1 Å². The maximum Gasteiger partial charge on any atom is 0.235 e. The van der Waals surface area contributed by atoms with Gasteiger partial charge in [-0.15, -0.1) is 0 Å². The summed E-state index contributed by atoms with van der Waals surface area (Å²) in [7, 11) is 3.27. The Morgan fingerprint density at radius 2 is 1.83 bits per heavy atom. The van der Waals surface area contributed by atoms with Gasteiger partial charge >= 0.3 is 0 Å². The Morgan fingerprint density at radius 3 is 2.41 bits per heavy atom. The maximum absolute atomic E-state index is 13.3. The molecule has 0 bridgehead atoms. The second kappa shape index (κ2) is 9.51. The van der Waals surface area contributed by atoms with Crippen LogP contribution in [-0.4, -0.2) is 32.8 Å². The minimum Gasteiger partial charge on any atom is -0.497 e. The predicted octanol–water partition coefficient (Wildman–Crippen LogP) is 5.21. The molecule has 0 radical (unpaired) electrons. The van der Waals surface area contributed by atoms with Crippen LogP contribution in [0.3, 0.4) is 0 Å². The Kier molecular flexibility index (Phi) is 7.04. The molecule has 1 aliphatic carbocycles. The van der Waals surface area contributed by atoms with Crippen LogP contribution in [0, 0.1) is 0 Å². The van der Waals surface area contributed by atoms with Crippen LogP contribution in [0.1, 0.15) is 38.2 Å². The lowest BCUT2D eigenvalue weighted by molar-refractivity contribution is -0.121. The van der Waals surface area contributed by atoms with Crippen LogP contribution in [0.2, 0.25) is 5.02 Å². The molecule has 1 amide bonds. The molecule has 1 unspecified atom stereocenters. The minimum absolute atomic E-state index is 0.00217. The number of benzene rings is 2. The maximum atomic E-state index is 13.3. The molecule has 6 heteroatoms. The first kappa shape index (κ1) is 21.5. The number of hydrogen-bond donors (Lipinski definition) is 1. The fraction of sp³-hybridized carbons (Fsp3) is 0.435. The molecular formula is C23H28ClNO4. The van der Waals surface area contributed by atoms with Crippen molar-refractivity contribution in [3.05, 3.63) is 53.1 Å². The van der Waals surface area contributed by atoms with E-state index in [1.54, 1.807) is 26.4 Å². The largest absolute Gasteiger partial charge is 0.497 e. The van der Waals surface area contributed by atoms with Gasteiger partial charge in [0.1, 0.15) is 17.6 Å². The van der Waals surface area contributed by atoms with Crippen molar-refractivity contribution >= 4 is 23.2 Å². The van der Waals surface area contributed by atoms with Crippen molar-refractivity contribution in [2.24, 2.45) is 0 Å². The van der Waals surface area contributed by atoms with Gasteiger partial charge in [0.05, 0.1) is 24.2 Å². The van der Waals surface area contributed by atoms with Crippen LogP contribution in [0.5, 0.6) is 11.5 Å². The zero-order valence-electron chi connectivity index (χ0n) is 17.2. The third-order valence-corrected chi connectivity index (χ3v) is 5.75. The highest BCUT2D eigenvalue weighted by molar-refractivity contribution is 6.32. The normalized spacial score (nSPS) is 16.3. The Morgan fingerprint density at radius 1 is 1.14 bits per heavy atom. The quantitative estimate of drug-likeness (QED) is 0.640. The fourth-order valence-electron chi connectivity index (χ4n) is 3.95. The molecule has 0 aliphatic heterocycles. The first-order valence-electron chi connectivity index (χ1n) is 9.89. The molecule has 2 aromatic rings. The van der Waals surface area contributed by atoms with E-state index in [0.29, 0.717) is 23.1 Å². The van der Waals surface area contributed by atoms with Gasteiger partial charge in [-0.1, -0.05) is 36.6 Å². The van der Waals surface area contributed by atoms with Crippen LogP contribution in [0.15, 0.2) is 42.5 Å². The van der Waals surface area contributed by atoms with E-state index in [2.05, 4.69) is 5.32 Å². The number of halogens is 1. The van der Waals surface area contributed by atoms with Crippen LogP contribution < -0.4 is 14.8 Å². The lowest BCUT2D eigenvalue weighted by atomic mass is 9.78. The molecule has 156 valence electrons. The van der Waals surface area contributed by atoms with Gasteiger partial charge in [-0.2, -0.15) is 0 Å². The van der Waals surface area contributed by atoms with Crippen molar-refractivity contribution in [1.82, 2.24) is 0 Å². The van der Waals surface area contributed by atoms with Gasteiger partial charge in [-0.3, -0.25) is 4.79 Å². The van der Waals surface area contributed by atoms with Crippen LogP contribution in [-0.2, 0) is 14.9 Å². The summed E-state index contributed by atoms with van der Waals surface area (Å²) >= 11 is 6.37. The van der Waals surface area contributed by atoms with Crippen LogP contribution in [0.4, 0.5) is 5.69 Å². The summed E-state index contributed by atoms with van der Waals surface area (Å²) < 4.78 is 16.1. The molecule has 1 fully saturated rings. The zero-order valence-corrected chi connectivity index (χ0v) is 17.9. The summed E-state index contributed by atoms with van der Waals surface area (Å²) in [5.74, 6) is 1.35. The van der Waals surface area contributed by atoms with Gasteiger partial charge in [0.2, 0.25) is 5.91 Å². The summed E-state index contributed by atoms with van der Waals surface area (Å²) in [6.45, 7) is 2.38. The third kappa shape index (κ3) is 4.85. The summed E-state index contributed by atoms with van der Waals surface area (Å²) in [6.07, 6.45) is 3.60. The van der Waals surface area contributed by atoms with E-state index in [1.807, 2.05) is 37.3 Å². The number of carbonyl (C=O) groups excluding carboxylic acids is 1. The molecule has 1 saturated carbocycles. The molecule has 3 rings (SSSR count). The van der Waals surface area contributed by atoms with E-state index in [4.69, 9.17) is 25.8 Å². The van der Waals surface area contributed by atoms with Gasteiger partial charge in [0.25, 0.3) is 0 Å². The molecule has 5 nitrogen and oxygen atoms in total. The number of hydrogen-bond acceptors (Lipinski definition) is 4. The van der Waals surface area contributed by atoms with Gasteiger partial charge in [-0.05, 0) is 55.7 Å². The van der Waals surface area contributed by atoms with Crippen LogP contribution >= 0.6 is 11.6 Å². The molecule has 1 aliphatic rings. The first-order chi connectivity index (χ1) is 14.0. The number of ether oxygens (including phenoxy) is 3. The van der Waals surface area contributed by atoms with Crippen molar-refractivity contribution in [3.8, 4) is 11.5 Å². The average molecular weight is 418 g/mol. The van der Waals surface area contributed by atoms with E-state index < -0.39 is 5.41 Å². The lowest BCUT2D eigenvalue weighted by Gasteiger charge is -2.28. The molecule has 0 saturated heterocycles. The highest BCUT2D eigenvalue weighted by Crippen LogP contribution is 2.42. The molecule has 2 aromatic carbocycles. The fourth-order valence-corrected chi connectivity index (χ4v) is 4.17. The first-order valence-corrected chi connectivity index (χ1v) is 10.3. The number of carbonyl (C=O) groups is 1. The number of amides is 1. The minimum atomic E-state index is -0.527. The Balaban J connectivity index is 1.77. The highest BCUT2D eigenvalue weighted by Gasteiger charge is 2.42. The van der Waals surface area contributed by atoms with Gasteiger partial charge in [0, 0.05) is 12.8 Å². The smallest absolute Gasteiger partial charge is 0.235 e.